The van der Waals surface area contributed by atoms with Crippen molar-refractivity contribution in [3.05, 3.63) is 64.4 Å². The van der Waals surface area contributed by atoms with Crippen LogP contribution in [0.25, 0.3) is 0 Å². The van der Waals surface area contributed by atoms with Crippen molar-refractivity contribution in [2.45, 2.75) is 65.0 Å². The van der Waals surface area contributed by atoms with Crippen LogP contribution in [-0.4, -0.2) is 36.5 Å². The molecule has 2 amide bonds. The summed E-state index contributed by atoms with van der Waals surface area (Å²) in [4.78, 5) is 29.0. The van der Waals surface area contributed by atoms with E-state index in [1.54, 1.807) is 0 Å². The van der Waals surface area contributed by atoms with Crippen LogP contribution in [0.1, 0.15) is 58.9 Å². The van der Waals surface area contributed by atoms with Crippen molar-refractivity contribution >= 4 is 17.5 Å². The number of nitrogens with zero attached hydrogens (tertiary/aromatic N) is 3. The number of nitriles is 1. The molecule has 0 N–H and O–H groups in total. The van der Waals surface area contributed by atoms with Gasteiger partial charge in [-0.15, -0.1) is 0 Å². The first-order valence-corrected chi connectivity index (χ1v) is 12.2. The van der Waals surface area contributed by atoms with Crippen molar-refractivity contribution in [3.63, 3.8) is 0 Å². The van der Waals surface area contributed by atoms with E-state index in [1.165, 1.54) is 12.1 Å². The van der Waals surface area contributed by atoms with Gasteiger partial charge in [0.05, 0.1) is 11.1 Å². The molecular weight excluding hydrogens is 467 g/mol. The third kappa shape index (κ3) is 4.84. The Balaban J connectivity index is 2.14. The minimum Gasteiger partial charge on any atom is -0.347 e. The Morgan fingerprint density at radius 1 is 1.11 bits per heavy atom. The number of hydrogen-bond donors (Lipinski definition) is 0. The molecule has 0 saturated heterocycles. The van der Waals surface area contributed by atoms with Crippen molar-refractivity contribution in [2.75, 3.05) is 18.5 Å². The van der Waals surface area contributed by atoms with Crippen molar-refractivity contribution in [1.29, 1.82) is 5.26 Å². The van der Waals surface area contributed by atoms with Crippen LogP contribution in [0.3, 0.4) is 0 Å². The van der Waals surface area contributed by atoms with Crippen LogP contribution in [0.2, 0.25) is 0 Å². The topological polar surface area (TPSA) is 64.4 Å². The summed E-state index contributed by atoms with van der Waals surface area (Å²) in [6.45, 7) is 7.83. The zero-order valence-corrected chi connectivity index (χ0v) is 21.4. The number of fused-ring (bicyclic) bond motifs is 1. The van der Waals surface area contributed by atoms with Crippen LogP contribution in [0.5, 0.6) is 0 Å². The van der Waals surface area contributed by atoms with Gasteiger partial charge in [-0.05, 0) is 36.1 Å². The van der Waals surface area contributed by atoms with E-state index in [0.29, 0.717) is 12.1 Å². The van der Waals surface area contributed by atoms with E-state index in [4.69, 9.17) is 0 Å². The van der Waals surface area contributed by atoms with Crippen LogP contribution >= 0.6 is 0 Å². The van der Waals surface area contributed by atoms with Crippen LogP contribution < -0.4 is 4.90 Å². The molecule has 0 aliphatic carbocycles. The molecule has 0 radical (unpaired) electrons. The van der Waals surface area contributed by atoms with Gasteiger partial charge >= 0.3 is 6.18 Å². The lowest BCUT2D eigenvalue weighted by Crippen LogP contribution is -2.47. The van der Waals surface area contributed by atoms with E-state index < -0.39 is 40.1 Å². The van der Waals surface area contributed by atoms with Crippen LogP contribution in [0.15, 0.2) is 58.8 Å². The summed E-state index contributed by atoms with van der Waals surface area (Å²) in [6.07, 6.45) is 0.770. The molecule has 0 saturated carbocycles. The summed E-state index contributed by atoms with van der Waals surface area (Å²) in [7, 11) is 1.82. The van der Waals surface area contributed by atoms with Gasteiger partial charge in [0.2, 0.25) is 0 Å². The van der Waals surface area contributed by atoms with Gasteiger partial charge < -0.3 is 4.90 Å². The van der Waals surface area contributed by atoms with E-state index in [2.05, 4.69) is 0 Å². The van der Waals surface area contributed by atoms with Crippen molar-refractivity contribution in [2.24, 2.45) is 5.92 Å². The van der Waals surface area contributed by atoms with Gasteiger partial charge in [0, 0.05) is 30.4 Å². The third-order valence-corrected chi connectivity index (χ3v) is 7.18. The second kappa shape index (κ2) is 10.3. The standard InChI is InChI=1S/C28H32F3N3O2/c1-6-8-11-18(7-2)17-34-25(35)19(24(28(29,30)31)20(16-32)26(34)36)14-15-23-27(3,4)21-12-9-10-13-22(21)33(23)5/h9-10,12-15,18H,6-8,11,17H2,1-5H3. The Hall–Kier alpha value is -3.34. The highest BCUT2D eigenvalue weighted by Gasteiger charge is 2.49. The predicted molar refractivity (Wildman–Crippen MR) is 133 cm³/mol. The van der Waals surface area contributed by atoms with Crippen molar-refractivity contribution in [3.8, 4) is 6.07 Å². The predicted octanol–water partition coefficient (Wildman–Crippen LogP) is 6.19. The lowest BCUT2D eigenvalue weighted by Gasteiger charge is -2.32. The molecule has 8 heteroatoms. The number of likely N-dealkylation sites (N-methyl/N-ethyl adjacent to an activating group) is 1. The maximum absolute atomic E-state index is 14.1. The molecule has 5 nitrogen and oxygen atoms in total. The number of halogens is 3. The first-order valence-electron chi connectivity index (χ1n) is 12.2. The van der Waals surface area contributed by atoms with E-state index in [9.17, 15) is 28.0 Å². The number of rotatable bonds is 7. The Morgan fingerprint density at radius 3 is 2.33 bits per heavy atom. The number of unbranched alkanes of at least 4 members (excludes halogenated alkanes) is 1. The molecular formula is C28H32F3N3O2. The van der Waals surface area contributed by atoms with E-state index in [0.717, 1.165) is 41.5 Å². The summed E-state index contributed by atoms with van der Waals surface area (Å²) in [6, 6.07) is 9.10. The second-order valence-corrected chi connectivity index (χ2v) is 9.83. The van der Waals surface area contributed by atoms with Gasteiger partial charge in [-0.1, -0.05) is 65.2 Å². The molecule has 3 rings (SSSR count). The number of anilines is 1. The summed E-state index contributed by atoms with van der Waals surface area (Å²) in [5.41, 5.74) is -1.09. The molecule has 0 aromatic heterocycles. The van der Waals surface area contributed by atoms with Crippen LogP contribution in [0, 0.1) is 17.2 Å². The molecule has 1 unspecified atom stereocenters. The Bertz CT molecular complexity index is 1190. The maximum Gasteiger partial charge on any atom is 0.418 e. The lowest BCUT2D eigenvalue weighted by molar-refractivity contribution is -0.144. The van der Waals surface area contributed by atoms with Gasteiger partial charge in [-0.25, -0.2) is 0 Å². The normalized spacial score (nSPS) is 20.9. The average Bonchev–Trinajstić information content (AvgIpc) is 3.02. The van der Waals surface area contributed by atoms with Crippen molar-refractivity contribution < 1.29 is 22.8 Å². The van der Waals surface area contributed by atoms with E-state index >= 15 is 0 Å². The zero-order valence-electron chi connectivity index (χ0n) is 21.4. The Kier molecular flexibility index (Phi) is 7.82. The van der Waals surface area contributed by atoms with Crippen LogP contribution in [0.4, 0.5) is 18.9 Å². The fraction of sp³-hybridized carbons (Fsp3) is 0.464. The van der Waals surface area contributed by atoms with Gasteiger partial charge in [-0.3, -0.25) is 14.5 Å². The minimum atomic E-state index is -5.04. The number of imide groups is 1. The highest BCUT2D eigenvalue weighted by Crippen LogP contribution is 2.47. The number of carbonyl (C=O) groups excluding carboxylic acids is 2. The molecule has 2 aliphatic rings. The molecule has 1 aromatic carbocycles. The average molecular weight is 500 g/mol. The number of hydrogen-bond acceptors (Lipinski definition) is 4. The summed E-state index contributed by atoms with van der Waals surface area (Å²) in [5, 5.41) is 9.56. The first kappa shape index (κ1) is 27.3. The number of para-hydroxylation sites is 1. The molecule has 1 aromatic rings. The summed E-state index contributed by atoms with van der Waals surface area (Å²) in [5.74, 6) is -2.26. The van der Waals surface area contributed by atoms with Gasteiger partial charge in [0.1, 0.15) is 11.6 Å². The number of carbonyl (C=O) groups is 2. The smallest absolute Gasteiger partial charge is 0.347 e. The summed E-state index contributed by atoms with van der Waals surface area (Å²) < 4.78 is 42.4. The first-order chi connectivity index (χ1) is 16.9. The largest absolute Gasteiger partial charge is 0.418 e. The molecule has 0 fully saturated rings. The Labute approximate surface area is 210 Å². The minimum absolute atomic E-state index is 0.0186. The molecule has 36 heavy (non-hydrogen) atoms. The van der Waals surface area contributed by atoms with Crippen molar-refractivity contribution in [1.82, 2.24) is 4.90 Å². The quantitative estimate of drug-likeness (QED) is 0.331. The summed E-state index contributed by atoms with van der Waals surface area (Å²) >= 11 is 0. The zero-order chi connectivity index (χ0) is 26.8. The fourth-order valence-corrected chi connectivity index (χ4v) is 5.08. The van der Waals surface area contributed by atoms with E-state index in [-0.39, 0.29) is 12.5 Å². The van der Waals surface area contributed by atoms with Crippen LogP contribution in [-0.2, 0) is 15.0 Å². The second-order valence-electron chi connectivity index (χ2n) is 9.83. The molecule has 0 spiro atoms. The lowest BCUT2D eigenvalue weighted by atomic mass is 9.83. The van der Waals surface area contributed by atoms with E-state index in [1.807, 2.05) is 63.9 Å². The van der Waals surface area contributed by atoms with Gasteiger partial charge in [0.25, 0.3) is 11.8 Å². The number of amides is 2. The SMILES string of the molecule is CCCCC(CC)CN1C(=O)C(=CC=C2N(C)c3ccccc3C2(C)C)C(C(F)(F)F)=C(C#N)C1=O. The molecule has 192 valence electrons. The monoisotopic (exact) mass is 499 g/mol. The highest BCUT2D eigenvalue weighted by atomic mass is 19.4. The molecule has 1 atom stereocenters. The molecule has 2 heterocycles. The highest BCUT2D eigenvalue weighted by molar-refractivity contribution is 6.18. The van der Waals surface area contributed by atoms with Gasteiger partial charge in [0.15, 0.2) is 0 Å². The molecule has 2 aliphatic heterocycles. The fourth-order valence-electron chi connectivity index (χ4n) is 5.08. The number of alkyl halides is 3. The maximum atomic E-state index is 14.1. The molecule has 0 bridgehead atoms. The number of allylic oxidation sites excluding steroid dienone is 3. The third-order valence-electron chi connectivity index (χ3n) is 7.18. The van der Waals surface area contributed by atoms with Gasteiger partial charge in [-0.2, -0.15) is 18.4 Å². The Morgan fingerprint density at radius 2 is 1.78 bits per heavy atom. The number of benzene rings is 1.